The van der Waals surface area contributed by atoms with E-state index in [0.717, 1.165) is 32.1 Å². The number of rotatable bonds is 15. The van der Waals surface area contributed by atoms with E-state index in [2.05, 4.69) is 19.1 Å². The van der Waals surface area contributed by atoms with E-state index < -0.39 is 12.1 Å². The zero-order valence-corrected chi connectivity index (χ0v) is 16.6. The number of aliphatic carboxylic acids is 1. The zero-order chi connectivity index (χ0) is 19.1. The van der Waals surface area contributed by atoms with Gasteiger partial charge in [0.05, 0.1) is 21.1 Å². The Labute approximate surface area is 153 Å². The van der Waals surface area contributed by atoms with Gasteiger partial charge in [-0.15, -0.1) is 0 Å². The van der Waals surface area contributed by atoms with Gasteiger partial charge in [-0.25, -0.2) is 0 Å². The van der Waals surface area contributed by atoms with Crippen LogP contribution in [0.4, 0.5) is 0 Å². The van der Waals surface area contributed by atoms with Crippen LogP contribution < -0.4 is 5.11 Å². The van der Waals surface area contributed by atoms with Crippen LogP contribution in [0.25, 0.3) is 0 Å². The molecular weight excluding hydrogens is 318 g/mol. The number of ether oxygens (including phenoxy) is 1. The number of allylic oxidation sites excluding steroid dienone is 2. The van der Waals surface area contributed by atoms with Crippen LogP contribution >= 0.6 is 0 Å². The number of hydrogen-bond donors (Lipinski definition) is 0. The summed E-state index contributed by atoms with van der Waals surface area (Å²) in [7, 11) is 5.81. The monoisotopic (exact) mass is 355 g/mol. The first-order chi connectivity index (χ1) is 11.7. The number of carboxylic acids is 1. The molecule has 0 aliphatic carbocycles. The van der Waals surface area contributed by atoms with Crippen molar-refractivity contribution >= 4 is 11.9 Å². The van der Waals surface area contributed by atoms with Crippen molar-refractivity contribution in [3.8, 4) is 0 Å². The lowest BCUT2D eigenvalue weighted by Crippen LogP contribution is -2.45. The fourth-order valence-electron chi connectivity index (χ4n) is 2.64. The lowest BCUT2D eigenvalue weighted by molar-refractivity contribution is -0.873. The maximum atomic E-state index is 11.9. The predicted octanol–water partition coefficient (Wildman–Crippen LogP) is 2.83. The van der Waals surface area contributed by atoms with Crippen LogP contribution in [-0.2, 0) is 14.3 Å². The number of unbranched alkanes of at least 4 members (excludes halogenated alkanes) is 6. The summed E-state index contributed by atoms with van der Waals surface area (Å²) in [6.07, 6.45) is 12.8. The Morgan fingerprint density at radius 2 is 1.60 bits per heavy atom. The van der Waals surface area contributed by atoms with E-state index in [1.165, 1.54) is 19.3 Å². The van der Waals surface area contributed by atoms with Crippen LogP contribution in [-0.4, -0.2) is 50.2 Å². The number of esters is 1. The van der Waals surface area contributed by atoms with Gasteiger partial charge in [0.1, 0.15) is 6.54 Å². The molecule has 0 saturated heterocycles. The highest BCUT2D eigenvalue weighted by Crippen LogP contribution is 2.10. The smallest absolute Gasteiger partial charge is 0.306 e. The first kappa shape index (κ1) is 23.6. The van der Waals surface area contributed by atoms with Crippen LogP contribution in [0, 0.1) is 0 Å². The van der Waals surface area contributed by atoms with E-state index in [4.69, 9.17) is 4.74 Å². The summed E-state index contributed by atoms with van der Waals surface area (Å²) < 4.78 is 5.87. The van der Waals surface area contributed by atoms with Gasteiger partial charge in [0, 0.05) is 18.8 Å². The maximum absolute atomic E-state index is 11.9. The Morgan fingerprint density at radius 1 is 1.00 bits per heavy atom. The van der Waals surface area contributed by atoms with Gasteiger partial charge in [-0.1, -0.05) is 38.3 Å². The van der Waals surface area contributed by atoms with Crippen molar-refractivity contribution in [3.63, 3.8) is 0 Å². The van der Waals surface area contributed by atoms with Gasteiger partial charge in [-0.05, 0) is 32.1 Å². The molecule has 25 heavy (non-hydrogen) atoms. The van der Waals surface area contributed by atoms with Gasteiger partial charge >= 0.3 is 5.97 Å². The van der Waals surface area contributed by atoms with E-state index in [1.807, 2.05) is 21.1 Å². The van der Waals surface area contributed by atoms with Crippen molar-refractivity contribution in [3.05, 3.63) is 12.2 Å². The molecule has 146 valence electrons. The quantitative estimate of drug-likeness (QED) is 0.196. The number of likely N-dealkylation sites (N-methyl/N-ethyl adjacent to an activating group) is 1. The predicted molar refractivity (Wildman–Crippen MR) is 98.8 cm³/mol. The summed E-state index contributed by atoms with van der Waals surface area (Å²) in [5, 5.41) is 10.8. The second-order valence-corrected chi connectivity index (χ2v) is 7.73. The number of nitrogens with zero attached hydrogens (tertiary/aromatic N) is 1. The van der Waals surface area contributed by atoms with Crippen molar-refractivity contribution in [2.75, 3.05) is 27.7 Å². The molecule has 0 saturated carbocycles. The Hall–Kier alpha value is -1.36. The summed E-state index contributed by atoms with van der Waals surface area (Å²) in [4.78, 5) is 22.7. The first-order valence-electron chi connectivity index (χ1n) is 9.59. The summed E-state index contributed by atoms with van der Waals surface area (Å²) in [5.41, 5.74) is 0. The normalized spacial score (nSPS) is 13.1. The Balaban J connectivity index is 3.87. The molecule has 0 aromatic rings. The molecule has 0 aromatic heterocycles. The third-order valence-corrected chi connectivity index (χ3v) is 3.84. The van der Waals surface area contributed by atoms with Crippen LogP contribution in [0.15, 0.2) is 12.2 Å². The lowest BCUT2D eigenvalue weighted by atomic mass is 10.1. The zero-order valence-electron chi connectivity index (χ0n) is 16.6. The van der Waals surface area contributed by atoms with Crippen molar-refractivity contribution in [1.82, 2.24) is 0 Å². The molecule has 1 atom stereocenters. The molecule has 0 spiro atoms. The third-order valence-electron chi connectivity index (χ3n) is 3.84. The van der Waals surface area contributed by atoms with Gasteiger partial charge in [0.2, 0.25) is 0 Å². The van der Waals surface area contributed by atoms with E-state index in [-0.39, 0.29) is 12.4 Å². The fraction of sp³-hybridized carbons (Fsp3) is 0.800. The minimum atomic E-state index is -1.18. The van der Waals surface area contributed by atoms with Gasteiger partial charge in [-0.3, -0.25) is 4.79 Å². The molecule has 0 N–H and O–H groups in total. The summed E-state index contributed by atoms with van der Waals surface area (Å²) >= 11 is 0. The van der Waals surface area contributed by atoms with E-state index >= 15 is 0 Å². The van der Waals surface area contributed by atoms with Crippen molar-refractivity contribution < 1.29 is 23.9 Å². The molecule has 0 bridgehead atoms. The average Bonchev–Trinajstić information content (AvgIpc) is 2.46. The number of hydrogen-bond acceptors (Lipinski definition) is 4. The first-order valence-corrected chi connectivity index (χ1v) is 9.59. The largest absolute Gasteiger partial charge is 0.550 e. The molecule has 0 fully saturated rings. The highest BCUT2D eigenvalue weighted by Gasteiger charge is 2.22. The minimum Gasteiger partial charge on any atom is -0.550 e. The summed E-state index contributed by atoms with van der Waals surface area (Å²) in [5.74, 6) is -1.49. The number of carbonyl (C=O) groups excluding carboxylic acids is 2. The van der Waals surface area contributed by atoms with Crippen LogP contribution in [0.1, 0.15) is 71.1 Å². The second-order valence-electron chi connectivity index (χ2n) is 7.73. The minimum absolute atomic E-state index is 0.246. The summed E-state index contributed by atoms with van der Waals surface area (Å²) in [6.45, 7) is 2.67. The molecule has 0 heterocycles. The molecule has 0 aliphatic rings. The highest BCUT2D eigenvalue weighted by atomic mass is 16.5. The van der Waals surface area contributed by atoms with Gasteiger partial charge in [-0.2, -0.15) is 0 Å². The fourth-order valence-corrected chi connectivity index (χ4v) is 2.64. The van der Waals surface area contributed by atoms with E-state index in [9.17, 15) is 14.7 Å². The summed E-state index contributed by atoms with van der Waals surface area (Å²) in [6, 6.07) is 0. The van der Waals surface area contributed by atoms with Crippen molar-refractivity contribution in [2.24, 2.45) is 0 Å². The third kappa shape index (κ3) is 17.3. The van der Waals surface area contributed by atoms with Crippen molar-refractivity contribution in [1.29, 1.82) is 0 Å². The molecule has 5 nitrogen and oxygen atoms in total. The molecule has 0 aliphatic heterocycles. The maximum Gasteiger partial charge on any atom is 0.306 e. The Kier molecular flexibility index (Phi) is 13.1. The molecule has 0 rings (SSSR count). The van der Waals surface area contributed by atoms with E-state index in [0.29, 0.717) is 17.4 Å². The molecule has 0 aromatic carbocycles. The van der Waals surface area contributed by atoms with Gasteiger partial charge < -0.3 is 19.1 Å². The second kappa shape index (κ2) is 13.9. The highest BCUT2D eigenvalue weighted by molar-refractivity contribution is 5.70. The number of carboxylic acid groups (broad SMARTS) is 1. The van der Waals surface area contributed by atoms with Crippen LogP contribution in [0.3, 0.4) is 0 Å². The molecule has 0 radical (unpaired) electrons. The average molecular weight is 356 g/mol. The Bertz CT molecular complexity index is 399. The molecule has 5 heteroatoms. The lowest BCUT2D eigenvalue weighted by Gasteiger charge is -2.29. The number of carbonyl (C=O) groups is 2. The standard InChI is InChI=1S/C20H37NO4/c1-5-6-7-8-9-10-11-12-13-14-15-20(24)25-18(16-19(22)23)17-21(2,3)4/h9-10,18H,5-8,11-17H2,1-4H3/b10-9+. The van der Waals surface area contributed by atoms with E-state index in [1.54, 1.807) is 0 Å². The Morgan fingerprint density at radius 3 is 2.12 bits per heavy atom. The van der Waals surface area contributed by atoms with Gasteiger partial charge in [0.25, 0.3) is 0 Å². The topological polar surface area (TPSA) is 66.4 Å². The van der Waals surface area contributed by atoms with Crippen molar-refractivity contribution in [2.45, 2.75) is 77.2 Å². The van der Waals surface area contributed by atoms with Gasteiger partial charge in [0.15, 0.2) is 6.10 Å². The van der Waals surface area contributed by atoms with Crippen LogP contribution in [0.5, 0.6) is 0 Å². The number of quaternary nitrogens is 1. The molecular formula is C20H37NO4. The molecule has 0 amide bonds. The SMILES string of the molecule is CCCCC/C=C/CCCCCC(=O)OC(CC(=O)[O-])C[N+](C)(C)C. The molecule has 1 unspecified atom stereocenters. The van der Waals surface area contributed by atoms with Crippen LogP contribution in [0.2, 0.25) is 0 Å².